The van der Waals surface area contributed by atoms with Crippen LogP contribution in [0.25, 0.3) is 0 Å². The first-order chi connectivity index (χ1) is 13.5. The highest BCUT2D eigenvalue weighted by Crippen LogP contribution is 2.36. The molecule has 2 saturated heterocycles. The molecule has 4 rings (SSSR count). The van der Waals surface area contributed by atoms with Crippen LogP contribution in [0, 0.1) is 5.82 Å². The molecule has 2 aromatic rings. The van der Waals surface area contributed by atoms with Crippen LogP contribution in [0.5, 0.6) is 0 Å². The quantitative estimate of drug-likeness (QED) is 0.820. The Labute approximate surface area is 163 Å². The van der Waals surface area contributed by atoms with Crippen molar-refractivity contribution in [3.63, 3.8) is 0 Å². The molecule has 28 heavy (non-hydrogen) atoms. The molecule has 2 heterocycles. The normalized spacial score (nSPS) is 24.8. The monoisotopic (exact) mass is 382 g/mol. The number of rotatable bonds is 3. The summed E-state index contributed by atoms with van der Waals surface area (Å²) in [5.74, 6) is -0.523. The number of carbonyl (C=O) groups is 2. The number of benzene rings is 2. The van der Waals surface area contributed by atoms with Crippen LogP contribution in [0.15, 0.2) is 54.6 Å². The van der Waals surface area contributed by atoms with E-state index in [1.807, 2.05) is 37.3 Å². The lowest BCUT2D eigenvalue weighted by atomic mass is 9.85. The molecule has 146 valence electrons. The van der Waals surface area contributed by atoms with Crippen LogP contribution in [-0.4, -0.2) is 48.1 Å². The molecule has 0 unspecified atom stereocenters. The number of hydrogen-bond donors (Lipinski definition) is 0. The smallest absolute Gasteiger partial charge is 0.253 e. The minimum absolute atomic E-state index is 0.0408. The summed E-state index contributed by atoms with van der Waals surface area (Å²) < 4.78 is 19.3. The molecule has 0 spiro atoms. The molecule has 2 aliphatic rings. The van der Waals surface area contributed by atoms with Crippen LogP contribution >= 0.6 is 0 Å². The number of fused-ring (bicyclic) bond motifs is 1. The van der Waals surface area contributed by atoms with Crippen LogP contribution in [-0.2, 0) is 20.7 Å². The first-order valence-corrected chi connectivity index (χ1v) is 9.49. The van der Waals surface area contributed by atoms with Gasteiger partial charge in [0.1, 0.15) is 12.4 Å². The van der Waals surface area contributed by atoms with E-state index in [-0.39, 0.29) is 36.7 Å². The average Bonchev–Trinajstić information content (AvgIpc) is 2.69. The Balaban J connectivity index is 1.56. The van der Waals surface area contributed by atoms with Crippen molar-refractivity contribution in [3.05, 3.63) is 66.0 Å². The van der Waals surface area contributed by atoms with E-state index in [0.29, 0.717) is 25.1 Å². The number of carbonyl (C=O) groups excluding carboxylic acids is 2. The molecule has 0 saturated carbocycles. The zero-order chi connectivity index (χ0) is 19.7. The number of ether oxygens (including phenoxy) is 1. The van der Waals surface area contributed by atoms with Gasteiger partial charge in [-0.15, -0.1) is 0 Å². The van der Waals surface area contributed by atoms with E-state index in [9.17, 15) is 14.0 Å². The number of likely N-dealkylation sites (tertiary alicyclic amines) is 1. The van der Waals surface area contributed by atoms with E-state index in [0.717, 1.165) is 5.69 Å². The fraction of sp³-hybridized carbons (Fsp3) is 0.364. The van der Waals surface area contributed by atoms with Gasteiger partial charge in [0.25, 0.3) is 5.91 Å². The Hall–Kier alpha value is -2.73. The Morgan fingerprint density at radius 3 is 2.75 bits per heavy atom. The van der Waals surface area contributed by atoms with E-state index >= 15 is 0 Å². The lowest BCUT2D eigenvalue weighted by Crippen LogP contribution is -2.68. The number of nitrogens with zero attached hydrogens (tertiary/aromatic N) is 2. The summed E-state index contributed by atoms with van der Waals surface area (Å²) in [7, 11) is 0. The van der Waals surface area contributed by atoms with E-state index in [1.54, 1.807) is 21.9 Å². The van der Waals surface area contributed by atoms with Gasteiger partial charge in [-0.2, -0.15) is 0 Å². The maximum absolute atomic E-state index is 13.4. The minimum Gasteiger partial charge on any atom is -0.363 e. The van der Waals surface area contributed by atoms with E-state index in [1.165, 1.54) is 12.1 Å². The largest absolute Gasteiger partial charge is 0.363 e. The fourth-order valence-corrected chi connectivity index (χ4v) is 4.08. The highest BCUT2D eigenvalue weighted by atomic mass is 19.1. The number of hydrogen-bond acceptors (Lipinski definition) is 3. The molecule has 0 aliphatic carbocycles. The summed E-state index contributed by atoms with van der Waals surface area (Å²) in [6.07, 6.45) is 0.782. The van der Waals surface area contributed by atoms with E-state index in [4.69, 9.17) is 4.74 Å². The zero-order valence-corrected chi connectivity index (χ0v) is 15.8. The molecule has 0 aromatic heterocycles. The van der Waals surface area contributed by atoms with Crippen molar-refractivity contribution < 1.29 is 18.7 Å². The van der Waals surface area contributed by atoms with Gasteiger partial charge < -0.3 is 14.5 Å². The van der Waals surface area contributed by atoms with Crippen molar-refractivity contribution in [1.82, 2.24) is 4.90 Å². The first-order valence-electron chi connectivity index (χ1n) is 9.49. The van der Waals surface area contributed by atoms with Crippen molar-refractivity contribution in [2.24, 2.45) is 0 Å². The van der Waals surface area contributed by atoms with Crippen LogP contribution < -0.4 is 4.90 Å². The van der Waals surface area contributed by atoms with E-state index < -0.39 is 5.60 Å². The Bertz CT molecular complexity index is 888. The highest BCUT2D eigenvalue weighted by Gasteiger charge is 2.49. The van der Waals surface area contributed by atoms with Gasteiger partial charge >= 0.3 is 0 Å². The standard InChI is InChI=1S/C22H23FN2O3/c1-22-10-11-24(20(26)13-16-6-5-7-17(23)12-16)14-19(22)25(21(27)15-28-22)18-8-3-2-4-9-18/h2-9,12,19H,10-11,13-15H2,1H3/t19-,22-/m1/s1. The van der Waals surface area contributed by atoms with Crippen LogP contribution in [0.2, 0.25) is 0 Å². The van der Waals surface area contributed by atoms with E-state index in [2.05, 4.69) is 0 Å². The SMILES string of the molecule is C[C@@]12CCN(C(=O)Cc3cccc(F)c3)C[C@H]1N(c1ccccc1)C(=O)CO2. The van der Waals surface area contributed by atoms with Crippen molar-refractivity contribution in [3.8, 4) is 0 Å². The van der Waals surface area contributed by atoms with Crippen LogP contribution in [0.3, 0.4) is 0 Å². The Morgan fingerprint density at radius 1 is 1.21 bits per heavy atom. The van der Waals surface area contributed by atoms with Gasteiger partial charge in [0.05, 0.1) is 18.1 Å². The van der Waals surface area contributed by atoms with Crippen molar-refractivity contribution in [1.29, 1.82) is 0 Å². The zero-order valence-electron chi connectivity index (χ0n) is 15.8. The molecular weight excluding hydrogens is 359 g/mol. The second-order valence-electron chi connectivity index (χ2n) is 7.61. The lowest BCUT2D eigenvalue weighted by molar-refractivity contribution is -0.156. The second-order valence-corrected chi connectivity index (χ2v) is 7.61. The third kappa shape index (κ3) is 3.52. The van der Waals surface area contributed by atoms with Gasteiger partial charge in [-0.1, -0.05) is 30.3 Å². The number of amides is 2. The minimum atomic E-state index is -0.501. The van der Waals surface area contributed by atoms with Gasteiger partial charge in [-0.25, -0.2) is 4.39 Å². The van der Waals surface area contributed by atoms with Crippen molar-refractivity contribution in [2.75, 3.05) is 24.6 Å². The maximum Gasteiger partial charge on any atom is 0.253 e. The Morgan fingerprint density at radius 2 is 2.00 bits per heavy atom. The molecule has 2 atom stereocenters. The summed E-state index contributed by atoms with van der Waals surface area (Å²) in [6.45, 7) is 3.00. The van der Waals surface area contributed by atoms with Crippen LogP contribution in [0.4, 0.5) is 10.1 Å². The topological polar surface area (TPSA) is 49.9 Å². The van der Waals surface area contributed by atoms with Crippen molar-refractivity contribution in [2.45, 2.75) is 31.4 Å². The average molecular weight is 382 g/mol. The van der Waals surface area contributed by atoms with Gasteiger partial charge in [-0.05, 0) is 43.2 Å². The number of anilines is 1. The summed E-state index contributed by atoms with van der Waals surface area (Å²) in [4.78, 5) is 29.0. The molecule has 2 fully saturated rings. The lowest BCUT2D eigenvalue weighted by Gasteiger charge is -2.52. The second kappa shape index (κ2) is 7.36. The molecular formula is C22H23FN2O3. The summed E-state index contributed by atoms with van der Waals surface area (Å²) in [5.41, 5.74) is 0.958. The maximum atomic E-state index is 13.4. The predicted molar refractivity (Wildman–Crippen MR) is 103 cm³/mol. The van der Waals surface area contributed by atoms with Crippen LogP contribution in [0.1, 0.15) is 18.9 Å². The molecule has 0 radical (unpaired) electrons. The highest BCUT2D eigenvalue weighted by molar-refractivity contribution is 5.96. The summed E-state index contributed by atoms with van der Waals surface area (Å²) >= 11 is 0. The molecule has 2 amide bonds. The first kappa shape index (κ1) is 18.6. The van der Waals surface area contributed by atoms with Gasteiger partial charge in [0.2, 0.25) is 5.91 Å². The molecule has 5 nitrogen and oxygen atoms in total. The number of halogens is 1. The predicted octanol–water partition coefficient (Wildman–Crippen LogP) is 2.79. The van der Waals surface area contributed by atoms with Gasteiger partial charge in [0.15, 0.2) is 0 Å². The van der Waals surface area contributed by atoms with Crippen molar-refractivity contribution >= 4 is 17.5 Å². The number of morpholine rings is 1. The number of piperidine rings is 1. The molecule has 0 bridgehead atoms. The third-order valence-corrected chi connectivity index (χ3v) is 5.71. The summed E-state index contributed by atoms with van der Waals surface area (Å²) in [6, 6.07) is 15.3. The third-order valence-electron chi connectivity index (χ3n) is 5.71. The van der Waals surface area contributed by atoms with Gasteiger partial charge in [0, 0.05) is 18.8 Å². The summed E-state index contributed by atoms with van der Waals surface area (Å²) in [5, 5.41) is 0. The molecule has 6 heteroatoms. The molecule has 2 aliphatic heterocycles. The molecule has 2 aromatic carbocycles. The van der Waals surface area contributed by atoms with Gasteiger partial charge in [-0.3, -0.25) is 9.59 Å². The Kier molecular flexibility index (Phi) is 4.89. The molecule has 0 N–H and O–H groups in total. The number of para-hydroxylation sites is 1. The fourth-order valence-electron chi connectivity index (χ4n) is 4.08.